The third-order valence-corrected chi connectivity index (χ3v) is 5.38. The Labute approximate surface area is 195 Å². The van der Waals surface area contributed by atoms with Crippen molar-refractivity contribution in [2.45, 2.75) is 24.4 Å². The summed E-state index contributed by atoms with van der Waals surface area (Å²) in [4.78, 5) is 25.1. The van der Waals surface area contributed by atoms with E-state index in [2.05, 4.69) is 0 Å². The molecule has 10 heteroatoms. The number of hydrogen-bond donors (Lipinski definition) is 2. The fraction of sp³-hybridized carbons (Fsp3) is 0.417. The highest BCUT2D eigenvalue weighted by atomic mass is 16.7. The fourth-order valence-corrected chi connectivity index (χ4v) is 3.74. The molecule has 0 unspecified atom stereocenters. The van der Waals surface area contributed by atoms with Crippen molar-refractivity contribution in [1.29, 1.82) is 0 Å². The zero-order valence-electron chi connectivity index (χ0n) is 18.3. The van der Waals surface area contributed by atoms with Gasteiger partial charge in [-0.3, -0.25) is 0 Å². The van der Waals surface area contributed by atoms with Crippen molar-refractivity contribution >= 4 is 11.9 Å². The van der Waals surface area contributed by atoms with Crippen LogP contribution in [0.25, 0.3) is 0 Å². The molecule has 2 fully saturated rings. The second-order valence-corrected chi connectivity index (χ2v) is 7.68. The minimum atomic E-state index is -0.630. The number of carbonyl (C=O) groups excluding carboxylic acids is 2. The van der Waals surface area contributed by atoms with Crippen molar-refractivity contribution in [2.24, 2.45) is 0 Å². The van der Waals surface area contributed by atoms with Crippen molar-refractivity contribution in [3.05, 3.63) is 59.7 Å². The Bertz CT molecular complexity index is 879. The molecular weight excluding hydrogens is 448 g/mol. The first-order valence-corrected chi connectivity index (χ1v) is 10.9. The highest BCUT2D eigenvalue weighted by Crippen LogP contribution is 2.31. The lowest BCUT2D eigenvalue weighted by Crippen LogP contribution is -2.36. The smallest absolute Gasteiger partial charge is 0.338 e. The maximum atomic E-state index is 12.5. The summed E-state index contributed by atoms with van der Waals surface area (Å²) in [5, 5.41) is 17.6. The number of ether oxygens (including phenoxy) is 6. The number of aliphatic hydroxyl groups is 2. The van der Waals surface area contributed by atoms with Crippen molar-refractivity contribution in [3.8, 4) is 11.5 Å². The van der Waals surface area contributed by atoms with Crippen LogP contribution < -0.4 is 9.47 Å². The molecule has 2 saturated heterocycles. The highest BCUT2D eigenvalue weighted by molar-refractivity contribution is 5.90. The van der Waals surface area contributed by atoms with Crippen LogP contribution in [-0.2, 0) is 18.9 Å². The Morgan fingerprint density at radius 3 is 1.44 bits per heavy atom. The monoisotopic (exact) mass is 474 g/mol. The lowest BCUT2D eigenvalue weighted by molar-refractivity contribution is -0.0287. The molecule has 4 atom stereocenters. The summed E-state index contributed by atoms with van der Waals surface area (Å²) < 4.78 is 33.2. The number of benzene rings is 2. The highest BCUT2D eigenvalue weighted by Gasteiger charge is 2.51. The van der Waals surface area contributed by atoms with E-state index in [0.717, 1.165) is 0 Å². The molecule has 2 aromatic rings. The van der Waals surface area contributed by atoms with Gasteiger partial charge in [-0.15, -0.1) is 0 Å². The molecule has 10 nitrogen and oxygen atoms in total. The van der Waals surface area contributed by atoms with Gasteiger partial charge in [-0.2, -0.15) is 0 Å². The van der Waals surface area contributed by atoms with Crippen LogP contribution in [0.5, 0.6) is 11.5 Å². The van der Waals surface area contributed by atoms with E-state index in [0.29, 0.717) is 22.6 Å². The Kier molecular flexibility index (Phi) is 7.96. The van der Waals surface area contributed by atoms with Gasteiger partial charge in [0.25, 0.3) is 0 Å². The van der Waals surface area contributed by atoms with E-state index in [1.54, 1.807) is 48.5 Å². The third kappa shape index (κ3) is 5.65. The van der Waals surface area contributed by atoms with E-state index in [-0.39, 0.29) is 39.6 Å². The van der Waals surface area contributed by atoms with E-state index >= 15 is 0 Å². The average molecular weight is 474 g/mol. The normalized spacial score (nSPS) is 23.2. The van der Waals surface area contributed by atoms with Crippen molar-refractivity contribution in [3.63, 3.8) is 0 Å². The quantitative estimate of drug-likeness (QED) is 0.481. The zero-order chi connectivity index (χ0) is 23.9. The molecule has 34 heavy (non-hydrogen) atoms. The number of aliphatic hydroxyl groups excluding tert-OH is 2. The largest absolute Gasteiger partial charge is 0.491 e. The minimum Gasteiger partial charge on any atom is -0.491 e. The molecule has 2 heterocycles. The summed E-state index contributed by atoms with van der Waals surface area (Å²) in [6.07, 6.45) is -2.34. The van der Waals surface area contributed by atoms with Gasteiger partial charge in [0.1, 0.15) is 36.9 Å². The molecule has 0 radical (unpaired) electrons. The molecule has 4 rings (SSSR count). The standard InChI is InChI=1S/C24H26O10/c25-9-11-29-17-5-1-15(2-6-17)23(27)33-19-13-31-22-20(14-32-21(19)22)34-24(28)16-3-7-18(8-4-16)30-12-10-26/h1-8,19-22,25-26H,9-14H2/t19-,20-,21-,22-/m0/s1. The lowest BCUT2D eigenvalue weighted by atomic mass is 10.1. The summed E-state index contributed by atoms with van der Waals surface area (Å²) in [5.74, 6) is 0.00275. The van der Waals surface area contributed by atoms with Crippen molar-refractivity contribution < 1.29 is 48.2 Å². The molecule has 0 saturated carbocycles. The van der Waals surface area contributed by atoms with Crippen LogP contribution >= 0.6 is 0 Å². The first kappa shape index (κ1) is 24.0. The molecular formula is C24H26O10. The summed E-state index contributed by atoms with van der Waals surface area (Å²) in [5.41, 5.74) is 0.680. The Morgan fingerprint density at radius 1 is 0.706 bits per heavy atom. The molecule has 2 N–H and O–H groups in total. The van der Waals surface area contributed by atoms with E-state index in [1.807, 2.05) is 0 Å². The molecule has 2 aromatic carbocycles. The first-order chi connectivity index (χ1) is 16.6. The second kappa shape index (κ2) is 11.3. The van der Waals surface area contributed by atoms with Crippen LogP contribution in [0.4, 0.5) is 0 Å². The van der Waals surface area contributed by atoms with Gasteiger partial charge in [-0.1, -0.05) is 0 Å². The van der Waals surface area contributed by atoms with E-state index < -0.39 is 36.4 Å². The van der Waals surface area contributed by atoms with Crippen LogP contribution in [0.15, 0.2) is 48.5 Å². The van der Waals surface area contributed by atoms with Crippen LogP contribution in [0.2, 0.25) is 0 Å². The molecule has 0 bridgehead atoms. The minimum absolute atomic E-state index is 0.100. The second-order valence-electron chi connectivity index (χ2n) is 7.68. The number of carbonyl (C=O) groups is 2. The van der Waals surface area contributed by atoms with Crippen molar-refractivity contribution in [1.82, 2.24) is 0 Å². The van der Waals surface area contributed by atoms with Gasteiger partial charge in [0.2, 0.25) is 0 Å². The summed E-state index contributed by atoms with van der Waals surface area (Å²) >= 11 is 0. The topological polar surface area (TPSA) is 130 Å². The van der Waals surface area contributed by atoms with Gasteiger partial charge in [0.05, 0.1) is 37.6 Å². The maximum Gasteiger partial charge on any atom is 0.338 e. The fourth-order valence-electron chi connectivity index (χ4n) is 3.74. The number of fused-ring (bicyclic) bond motifs is 1. The van der Waals surface area contributed by atoms with Crippen LogP contribution in [-0.4, -0.2) is 86.2 Å². The predicted octanol–water partition coefficient (Wildman–Crippen LogP) is 0.977. The zero-order valence-corrected chi connectivity index (χ0v) is 18.3. The average Bonchev–Trinajstić information content (AvgIpc) is 3.45. The first-order valence-electron chi connectivity index (χ1n) is 10.9. The summed E-state index contributed by atoms with van der Waals surface area (Å²) in [7, 11) is 0. The molecule has 2 aliphatic rings. The Hall–Kier alpha value is -3.18. The van der Waals surface area contributed by atoms with Crippen LogP contribution in [0.1, 0.15) is 20.7 Å². The maximum absolute atomic E-state index is 12.5. The third-order valence-electron chi connectivity index (χ3n) is 5.38. The summed E-state index contributed by atoms with van der Waals surface area (Å²) in [6.45, 7) is 0.390. The van der Waals surface area contributed by atoms with Gasteiger partial charge in [-0.05, 0) is 48.5 Å². The summed E-state index contributed by atoms with van der Waals surface area (Å²) in [6, 6.07) is 12.8. The SMILES string of the molecule is O=C(O[C@H]1CO[C@@H]2[C@H]1OC[C@@H]2OC(=O)c1ccc(OCCO)cc1)c1ccc(OCCO)cc1. The Morgan fingerprint density at radius 2 is 1.09 bits per heavy atom. The number of esters is 2. The van der Waals surface area contributed by atoms with Crippen LogP contribution in [0, 0.1) is 0 Å². The van der Waals surface area contributed by atoms with Crippen LogP contribution in [0.3, 0.4) is 0 Å². The lowest BCUT2D eigenvalue weighted by Gasteiger charge is -2.17. The molecule has 0 amide bonds. The van der Waals surface area contributed by atoms with Gasteiger partial charge in [-0.25, -0.2) is 9.59 Å². The molecule has 2 aliphatic heterocycles. The van der Waals surface area contributed by atoms with Gasteiger partial charge >= 0.3 is 11.9 Å². The van der Waals surface area contributed by atoms with E-state index in [4.69, 9.17) is 38.6 Å². The number of rotatable bonds is 10. The van der Waals surface area contributed by atoms with E-state index in [1.165, 1.54) is 0 Å². The molecule has 182 valence electrons. The molecule has 0 aromatic heterocycles. The number of hydrogen-bond acceptors (Lipinski definition) is 10. The molecule has 0 aliphatic carbocycles. The Balaban J connectivity index is 1.29. The van der Waals surface area contributed by atoms with Gasteiger partial charge in [0, 0.05) is 0 Å². The molecule has 0 spiro atoms. The van der Waals surface area contributed by atoms with Crippen molar-refractivity contribution in [2.75, 3.05) is 39.6 Å². The van der Waals surface area contributed by atoms with Gasteiger partial charge < -0.3 is 38.6 Å². The van der Waals surface area contributed by atoms with E-state index in [9.17, 15) is 9.59 Å². The van der Waals surface area contributed by atoms with Gasteiger partial charge in [0.15, 0.2) is 12.2 Å². The predicted molar refractivity (Wildman–Crippen MR) is 116 cm³/mol.